The average Bonchev–Trinajstić information content (AvgIpc) is 2.92. The van der Waals surface area contributed by atoms with E-state index in [1.807, 2.05) is 0 Å². The van der Waals surface area contributed by atoms with Gasteiger partial charge in [-0.3, -0.25) is 9.59 Å². The summed E-state index contributed by atoms with van der Waals surface area (Å²) in [5.41, 5.74) is 2.74. The minimum Gasteiger partial charge on any atom is -0.507 e. The van der Waals surface area contributed by atoms with Crippen LogP contribution in [0, 0.1) is 0 Å². The molecule has 2 aromatic rings. The Bertz CT molecular complexity index is 1410. The van der Waals surface area contributed by atoms with Crippen LogP contribution in [-0.2, 0) is 15.9 Å². The van der Waals surface area contributed by atoms with Crippen molar-refractivity contribution in [2.45, 2.75) is 62.4 Å². The zero-order valence-corrected chi connectivity index (χ0v) is 21.8. The zero-order chi connectivity index (χ0) is 29.1. The first-order valence-electron chi connectivity index (χ1n) is 12.7. The lowest BCUT2D eigenvalue weighted by molar-refractivity contribution is -0.245. The number of hydrogen-bond donors (Lipinski definition) is 7. The summed E-state index contributed by atoms with van der Waals surface area (Å²) in [7, 11) is 1.34. The number of methoxy groups -OCH3 is 1. The SMILES string of the molecule is COc1cccc2c1C(=O)c1c(O)c3c(c(O)c1C2=O)C[C@@](O)(/C(CO)=N/N)C[C@@H]3O[C@H]1C[C@H](N)[C@H](O)[C@H](C)O1. The molecular formula is C27H31N3O10. The van der Waals surface area contributed by atoms with Gasteiger partial charge in [0.15, 0.2) is 12.1 Å². The summed E-state index contributed by atoms with van der Waals surface area (Å²) in [6, 6.07) is 3.72. The van der Waals surface area contributed by atoms with Gasteiger partial charge in [0.2, 0.25) is 5.78 Å². The molecule has 6 atom stereocenters. The molecule has 2 aliphatic carbocycles. The Morgan fingerprint density at radius 3 is 2.50 bits per heavy atom. The summed E-state index contributed by atoms with van der Waals surface area (Å²) in [4.78, 5) is 27.3. The van der Waals surface area contributed by atoms with Gasteiger partial charge in [0.25, 0.3) is 0 Å². The normalized spacial score (nSPS) is 29.9. The molecule has 214 valence electrons. The monoisotopic (exact) mass is 557 g/mol. The van der Waals surface area contributed by atoms with E-state index in [0.29, 0.717) is 0 Å². The smallest absolute Gasteiger partial charge is 0.202 e. The van der Waals surface area contributed by atoms with Crippen molar-refractivity contribution in [1.82, 2.24) is 0 Å². The maximum atomic E-state index is 13.7. The molecule has 0 amide bonds. The highest BCUT2D eigenvalue weighted by Crippen LogP contribution is 2.52. The van der Waals surface area contributed by atoms with Crippen LogP contribution in [0.2, 0.25) is 0 Å². The largest absolute Gasteiger partial charge is 0.507 e. The molecular weight excluding hydrogens is 526 g/mol. The van der Waals surface area contributed by atoms with Crippen LogP contribution >= 0.6 is 0 Å². The van der Waals surface area contributed by atoms with Crippen LogP contribution in [0.1, 0.15) is 68.8 Å². The van der Waals surface area contributed by atoms with Crippen LogP contribution in [0.4, 0.5) is 0 Å². The van der Waals surface area contributed by atoms with E-state index in [1.54, 1.807) is 6.92 Å². The molecule has 1 aliphatic heterocycles. The molecule has 0 radical (unpaired) electrons. The van der Waals surface area contributed by atoms with Gasteiger partial charge in [-0.05, 0) is 13.0 Å². The molecule has 1 saturated heterocycles. The highest BCUT2D eigenvalue weighted by atomic mass is 16.7. The fraction of sp³-hybridized carbons (Fsp3) is 0.444. The van der Waals surface area contributed by atoms with Crippen molar-refractivity contribution in [1.29, 1.82) is 0 Å². The number of ketones is 2. The third-order valence-electron chi connectivity index (χ3n) is 7.99. The molecule has 3 aliphatic rings. The first kappa shape index (κ1) is 28.0. The first-order chi connectivity index (χ1) is 19.0. The van der Waals surface area contributed by atoms with E-state index in [4.69, 9.17) is 25.8 Å². The van der Waals surface area contributed by atoms with E-state index in [2.05, 4.69) is 5.10 Å². The third kappa shape index (κ3) is 4.13. The van der Waals surface area contributed by atoms with Gasteiger partial charge >= 0.3 is 0 Å². The number of hydrazone groups is 1. The van der Waals surface area contributed by atoms with Gasteiger partial charge in [-0.15, -0.1) is 0 Å². The molecule has 5 rings (SSSR count). The van der Waals surface area contributed by atoms with E-state index >= 15 is 0 Å². The topological polar surface area (TPSA) is 227 Å². The Balaban J connectivity index is 1.70. The number of aliphatic hydroxyl groups excluding tert-OH is 2. The molecule has 0 spiro atoms. The number of nitrogens with two attached hydrogens (primary N) is 2. The second kappa shape index (κ2) is 10.1. The van der Waals surface area contributed by atoms with E-state index in [9.17, 15) is 35.1 Å². The van der Waals surface area contributed by atoms with E-state index < -0.39 is 83.5 Å². The number of ether oxygens (including phenoxy) is 3. The number of aliphatic hydroxyl groups is 3. The van der Waals surface area contributed by atoms with Gasteiger partial charge in [-0.2, -0.15) is 5.10 Å². The van der Waals surface area contributed by atoms with Crippen LogP contribution < -0.4 is 16.3 Å². The van der Waals surface area contributed by atoms with Crippen molar-refractivity contribution in [3.05, 3.63) is 51.6 Å². The number of carbonyl (C=O) groups is 2. The van der Waals surface area contributed by atoms with Crippen molar-refractivity contribution in [3.8, 4) is 17.2 Å². The molecule has 13 nitrogen and oxygen atoms in total. The molecule has 0 unspecified atom stereocenters. The molecule has 1 heterocycles. The predicted octanol–water partition coefficient (Wildman–Crippen LogP) is -0.253. The summed E-state index contributed by atoms with van der Waals surface area (Å²) in [6.45, 7) is 0.871. The standard InChI is InChI=1S/C27H31N3O10/c1-10-22(32)13(28)6-17(39-10)40-15-8-27(37,16(9-31)30-29)7-12-19(15)26(36)21-20(24(12)34)23(33)11-4-3-5-14(38-2)18(11)25(21)35/h3-5,10,13,15,17,22,31-32,34,36-37H,6-9,28-29H2,1-2H3/b30-16+/t10-,13-,15-,17-,22+,27-/m0/s1. The number of benzene rings is 2. The average molecular weight is 558 g/mol. The predicted molar refractivity (Wildman–Crippen MR) is 138 cm³/mol. The summed E-state index contributed by atoms with van der Waals surface area (Å²) in [5, 5.41) is 58.1. The van der Waals surface area contributed by atoms with Gasteiger partial charge in [0.05, 0.1) is 54.4 Å². The van der Waals surface area contributed by atoms with Crippen LogP contribution in [0.25, 0.3) is 0 Å². The number of rotatable bonds is 5. The van der Waals surface area contributed by atoms with Crippen LogP contribution in [-0.4, -0.2) is 86.7 Å². The van der Waals surface area contributed by atoms with Gasteiger partial charge in [0.1, 0.15) is 22.8 Å². The van der Waals surface area contributed by atoms with Crippen molar-refractivity contribution in [2.24, 2.45) is 16.7 Å². The summed E-state index contributed by atoms with van der Waals surface area (Å²) < 4.78 is 17.2. The Labute approximate surface area is 228 Å². The molecule has 0 aromatic heterocycles. The zero-order valence-electron chi connectivity index (χ0n) is 21.8. The van der Waals surface area contributed by atoms with Crippen molar-refractivity contribution in [3.63, 3.8) is 0 Å². The summed E-state index contributed by atoms with van der Waals surface area (Å²) >= 11 is 0. The fourth-order valence-electron chi connectivity index (χ4n) is 5.92. The van der Waals surface area contributed by atoms with Gasteiger partial charge in [0, 0.05) is 42.0 Å². The number of hydrogen-bond acceptors (Lipinski definition) is 13. The van der Waals surface area contributed by atoms with Crippen molar-refractivity contribution in [2.75, 3.05) is 13.7 Å². The third-order valence-corrected chi connectivity index (χ3v) is 7.99. The molecule has 13 heteroatoms. The molecule has 0 saturated carbocycles. The highest BCUT2D eigenvalue weighted by molar-refractivity contribution is 6.31. The lowest BCUT2D eigenvalue weighted by Gasteiger charge is -2.42. The highest BCUT2D eigenvalue weighted by Gasteiger charge is 2.49. The Kier molecular flexibility index (Phi) is 7.06. The number of phenolic OH excluding ortho intramolecular Hbond substituents is 2. The van der Waals surface area contributed by atoms with Gasteiger partial charge in [-0.1, -0.05) is 12.1 Å². The van der Waals surface area contributed by atoms with Crippen molar-refractivity contribution >= 4 is 17.3 Å². The second-order valence-electron chi connectivity index (χ2n) is 10.3. The first-order valence-corrected chi connectivity index (χ1v) is 12.7. The molecule has 9 N–H and O–H groups in total. The Hall–Kier alpha value is -3.59. The Morgan fingerprint density at radius 2 is 1.88 bits per heavy atom. The van der Waals surface area contributed by atoms with E-state index in [1.165, 1.54) is 25.3 Å². The van der Waals surface area contributed by atoms with E-state index in [-0.39, 0.29) is 46.6 Å². The summed E-state index contributed by atoms with van der Waals surface area (Å²) in [5.74, 6) is 2.82. The van der Waals surface area contributed by atoms with Crippen molar-refractivity contribution < 1.29 is 49.3 Å². The van der Waals surface area contributed by atoms with Crippen LogP contribution in [0.3, 0.4) is 0 Å². The minimum absolute atomic E-state index is 0.0259. The fourth-order valence-corrected chi connectivity index (χ4v) is 5.92. The maximum absolute atomic E-state index is 13.7. The number of carbonyl (C=O) groups excluding carboxylic acids is 2. The van der Waals surface area contributed by atoms with Crippen LogP contribution in [0.15, 0.2) is 23.3 Å². The number of nitrogens with zero attached hydrogens (tertiary/aromatic N) is 1. The van der Waals surface area contributed by atoms with Gasteiger partial charge < -0.3 is 51.3 Å². The quantitative estimate of drug-likeness (QED) is 0.0932. The number of phenols is 2. The van der Waals surface area contributed by atoms with Gasteiger partial charge in [-0.25, -0.2) is 0 Å². The number of aromatic hydroxyl groups is 2. The molecule has 1 fully saturated rings. The number of fused-ring (bicyclic) bond motifs is 3. The lowest BCUT2D eigenvalue weighted by Crippen LogP contribution is -2.53. The van der Waals surface area contributed by atoms with Crippen LogP contribution in [0.5, 0.6) is 17.2 Å². The maximum Gasteiger partial charge on any atom is 0.202 e. The Morgan fingerprint density at radius 1 is 1.18 bits per heavy atom. The van der Waals surface area contributed by atoms with E-state index in [0.717, 1.165) is 0 Å². The minimum atomic E-state index is -1.97. The molecule has 2 aromatic carbocycles. The second-order valence-corrected chi connectivity index (χ2v) is 10.3. The lowest BCUT2D eigenvalue weighted by atomic mass is 9.71. The summed E-state index contributed by atoms with van der Waals surface area (Å²) in [6.07, 6.45) is -4.62. The molecule has 40 heavy (non-hydrogen) atoms. The molecule has 0 bridgehead atoms.